The second kappa shape index (κ2) is 10.5. The highest BCUT2D eigenvalue weighted by Crippen LogP contribution is 2.22. The molecule has 0 aliphatic carbocycles. The summed E-state index contributed by atoms with van der Waals surface area (Å²) in [5.74, 6) is -0.962. The standard InChI is InChI=1S/C21H25FN4O5S/c1-31-14-11-23-20(27)19-15-25(21(28)24-17-9-7-16(22)8-10-17)12-13-26(19)32(29,30)18-5-3-2-4-6-18/h2-10,19H,11-15H2,1H3,(H,23,27)(H,24,28). The number of carbonyl (C=O) groups excluding carboxylic acids is 2. The summed E-state index contributed by atoms with van der Waals surface area (Å²) in [4.78, 5) is 27.0. The van der Waals surface area contributed by atoms with Gasteiger partial charge in [0.25, 0.3) is 0 Å². The van der Waals surface area contributed by atoms with E-state index in [-0.39, 0.29) is 37.7 Å². The maximum absolute atomic E-state index is 13.2. The van der Waals surface area contributed by atoms with Gasteiger partial charge < -0.3 is 20.3 Å². The van der Waals surface area contributed by atoms with E-state index in [9.17, 15) is 22.4 Å². The number of sulfonamides is 1. The summed E-state index contributed by atoms with van der Waals surface area (Å²) in [6.45, 7) is 0.348. The molecule has 9 nitrogen and oxygen atoms in total. The van der Waals surface area contributed by atoms with Gasteiger partial charge in [0, 0.05) is 39.0 Å². The smallest absolute Gasteiger partial charge is 0.321 e. The van der Waals surface area contributed by atoms with Crippen molar-refractivity contribution < 1.29 is 27.1 Å². The molecular weight excluding hydrogens is 439 g/mol. The highest BCUT2D eigenvalue weighted by atomic mass is 32.2. The van der Waals surface area contributed by atoms with Gasteiger partial charge in [-0.15, -0.1) is 0 Å². The SMILES string of the molecule is COCCNC(=O)C1CN(C(=O)Nc2ccc(F)cc2)CCN1S(=O)(=O)c1ccccc1. The number of halogens is 1. The molecule has 0 radical (unpaired) electrons. The molecule has 1 aliphatic heterocycles. The molecule has 3 rings (SSSR count). The van der Waals surface area contributed by atoms with Crippen molar-refractivity contribution in [2.75, 3.05) is 45.2 Å². The second-order valence-electron chi connectivity index (χ2n) is 7.11. The van der Waals surface area contributed by atoms with Gasteiger partial charge in [0.2, 0.25) is 15.9 Å². The highest BCUT2D eigenvalue weighted by Gasteiger charge is 2.41. The Bertz CT molecular complexity index is 1030. The van der Waals surface area contributed by atoms with E-state index in [0.717, 1.165) is 4.31 Å². The van der Waals surface area contributed by atoms with Gasteiger partial charge in [-0.2, -0.15) is 4.31 Å². The monoisotopic (exact) mass is 464 g/mol. The number of carbonyl (C=O) groups is 2. The number of amides is 3. The van der Waals surface area contributed by atoms with Crippen molar-refractivity contribution in [1.29, 1.82) is 0 Å². The lowest BCUT2D eigenvalue weighted by Crippen LogP contribution is -2.62. The van der Waals surface area contributed by atoms with Crippen LogP contribution in [-0.2, 0) is 19.6 Å². The molecular formula is C21H25FN4O5S. The molecule has 0 saturated carbocycles. The van der Waals surface area contributed by atoms with Crippen LogP contribution in [-0.4, -0.2) is 75.5 Å². The summed E-state index contributed by atoms with van der Waals surface area (Å²) in [5, 5.41) is 5.29. The molecule has 1 aliphatic rings. The molecule has 2 aromatic rings. The van der Waals surface area contributed by atoms with Crippen molar-refractivity contribution in [2.24, 2.45) is 0 Å². The highest BCUT2D eigenvalue weighted by molar-refractivity contribution is 7.89. The van der Waals surface area contributed by atoms with Crippen LogP contribution >= 0.6 is 0 Å². The van der Waals surface area contributed by atoms with Crippen LogP contribution in [0.4, 0.5) is 14.9 Å². The molecule has 1 atom stereocenters. The van der Waals surface area contributed by atoms with Crippen LogP contribution in [0.5, 0.6) is 0 Å². The summed E-state index contributed by atoms with van der Waals surface area (Å²) in [7, 11) is -2.47. The topological polar surface area (TPSA) is 108 Å². The average Bonchev–Trinajstić information content (AvgIpc) is 2.80. The Labute approximate surface area is 186 Å². The van der Waals surface area contributed by atoms with Gasteiger partial charge in [-0.1, -0.05) is 18.2 Å². The summed E-state index contributed by atoms with van der Waals surface area (Å²) < 4.78 is 45.5. The number of nitrogens with zero attached hydrogens (tertiary/aromatic N) is 2. The van der Waals surface area contributed by atoms with E-state index in [1.807, 2.05) is 0 Å². The first kappa shape index (κ1) is 23.6. The van der Waals surface area contributed by atoms with E-state index in [2.05, 4.69) is 10.6 Å². The number of benzene rings is 2. The number of urea groups is 1. The summed E-state index contributed by atoms with van der Waals surface area (Å²) in [5.41, 5.74) is 0.386. The fraction of sp³-hybridized carbons (Fsp3) is 0.333. The van der Waals surface area contributed by atoms with E-state index >= 15 is 0 Å². The zero-order valence-electron chi connectivity index (χ0n) is 17.5. The number of nitrogens with one attached hydrogen (secondary N) is 2. The first-order valence-electron chi connectivity index (χ1n) is 9.98. The minimum Gasteiger partial charge on any atom is -0.383 e. The Morgan fingerprint density at radius 2 is 1.78 bits per heavy atom. The lowest BCUT2D eigenvalue weighted by molar-refractivity contribution is -0.126. The number of methoxy groups -OCH3 is 1. The van der Waals surface area contributed by atoms with Gasteiger partial charge in [0.15, 0.2) is 0 Å². The lowest BCUT2D eigenvalue weighted by Gasteiger charge is -2.39. The fourth-order valence-corrected chi connectivity index (χ4v) is 4.90. The molecule has 32 heavy (non-hydrogen) atoms. The second-order valence-corrected chi connectivity index (χ2v) is 9.00. The van der Waals surface area contributed by atoms with Crippen LogP contribution in [0.15, 0.2) is 59.5 Å². The Morgan fingerprint density at radius 3 is 2.44 bits per heavy atom. The number of ether oxygens (including phenoxy) is 1. The molecule has 0 aromatic heterocycles. The predicted octanol–water partition coefficient (Wildman–Crippen LogP) is 1.50. The van der Waals surface area contributed by atoms with Crippen molar-refractivity contribution in [3.05, 3.63) is 60.4 Å². The van der Waals surface area contributed by atoms with Gasteiger partial charge in [-0.05, 0) is 36.4 Å². The van der Waals surface area contributed by atoms with Gasteiger partial charge in [0.1, 0.15) is 11.9 Å². The minimum absolute atomic E-state index is 0.0591. The first-order chi connectivity index (χ1) is 15.3. The summed E-state index contributed by atoms with van der Waals surface area (Å²) in [6.07, 6.45) is 0. The van der Waals surface area contributed by atoms with Crippen molar-refractivity contribution in [2.45, 2.75) is 10.9 Å². The number of hydrogen-bond acceptors (Lipinski definition) is 5. The van der Waals surface area contributed by atoms with E-state index in [4.69, 9.17) is 4.74 Å². The van der Waals surface area contributed by atoms with E-state index in [1.165, 1.54) is 48.4 Å². The number of piperazine rings is 1. The van der Waals surface area contributed by atoms with Gasteiger partial charge in [-0.25, -0.2) is 17.6 Å². The molecule has 1 heterocycles. The molecule has 1 saturated heterocycles. The normalized spacial score (nSPS) is 17.1. The molecule has 172 valence electrons. The van der Waals surface area contributed by atoms with Crippen molar-refractivity contribution >= 4 is 27.6 Å². The molecule has 11 heteroatoms. The van der Waals surface area contributed by atoms with Crippen molar-refractivity contribution in [1.82, 2.24) is 14.5 Å². The molecule has 1 unspecified atom stereocenters. The summed E-state index contributed by atoms with van der Waals surface area (Å²) >= 11 is 0. The van der Waals surface area contributed by atoms with E-state index < -0.39 is 33.8 Å². The number of anilines is 1. The van der Waals surface area contributed by atoms with Crippen LogP contribution in [0.1, 0.15) is 0 Å². The Balaban J connectivity index is 1.79. The van der Waals surface area contributed by atoms with Crippen molar-refractivity contribution in [3.8, 4) is 0 Å². The molecule has 0 bridgehead atoms. The zero-order chi connectivity index (χ0) is 23.1. The molecule has 2 N–H and O–H groups in total. The average molecular weight is 465 g/mol. The third-order valence-corrected chi connectivity index (χ3v) is 6.89. The molecule has 2 aromatic carbocycles. The zero-order valence-corrected chi connectivity index (χ0v) is 18.3. The number of rotatable bonds is 7. The molecule has 1 fully saturated rings. The maximum atomic E-state index is 13.2. The van der Waals surface area contributed by atoms with Gasteiger partial charge in [0.05, 0.1) is 11.5 Å². The Morgan fingerprint density at radius 1 is 1.09 bits per heavy atom. The lowest BCUT2D eigenvalue weighted by atomic mass is 10.2. The van der Waals surface area contributed by atoms with Crippen LogP contribution in [0, 0.1) is 5.82 Å². The predicted molar refractivity (Wildman–Crippen MR) is 116 cm³/mol. The first-order valence-corrected chi connectivity index (χ1v) is 11.4. The quantitative estimate of drug-likeness (QED) is 0.604. The fourth-order valence-electron chi connectivity index (χ4n) is 3.31. The van der Waals surface area contributed by atoms with Crippen LogP contribution in [0.25, 0.3) is 0 Å². The van der Waals surface area contributed by atoms with E-state index in [1.54, 1.807) is 18.2 Å². The van der Waals surface area contributed by atoms with Crippen molar-refractivity contribution in [3.63, 3.8) is 0 Å². The minimum atomic E-state index is -3.96. The van der Waals surface area contributed by atoms with E-state index in [0.29, 0.717) is 5.69 Å². The Hall–Kier alpha value is -3.02. The molecule has 0 spiro atoms. The van der Waals surface area contributed by atoms with Gasteiger partial charge >= 0.3 is 6.03 Å². The maximum Gasteiger partial charge on any atom is 0.321 e. The van der Waals surface area contributed by atoms with Crippen LogP contribution < -0.4 is 10.6 Å². The molecule has 3 amide bonds. The summed E-state index contributed by atoms with van der Waals surface area (Å²) in [6, 6.07) is 11.5. The van der Waals surface area contributed by atoms with Gasteiger partial charge in [-0.3, -0.25) is 4.79 Å². The van der Waals surface area contributed by atoms with Crippen LogP contribution in [0.3, 0.4) is 0 Å². The Kier molecular flexibility index (Phi) is 7.78. The third-order valence-electron chi connectivity index (χ3n) is 4.97. The largest absolute Gasteiger partial charge is 0.383 e. The number of hydrogen-bond donors (Lipinski definition) is 2. The van der Waals surface area contributed by atoms with Crippen LogP contribution in [0.2, 0.25) is 0 Å². The third kappa shape index (κ3) is 5.61.